The van der Waals surface area contributed by atoms with E-state index in [0.29, 0.717) is 5.33 Å². The molecule has 0 aliphatic heterocycles. The maximum absolute atomic E-state index is 12.0. The zero-order valence-corrected chi connectivity index (χ0v) is 11.8. The van der Waals surface area contributed by atoms with E-state index in [-0.39, 0.29) is 17.0 Å². The van der Waals surface area contributed by atoms with E-state index in [1.807, 2.05) is 0 Å². The van der Waals surface area contributed by atoms with E-state index in [4.69, 9.17) is 11.6 Å². The van der Waals surface area contributed by atoms with Gasteiger partial charge in [0.2, 0.25) is 0 Å². The lowest BCUT2D eigenvalue weighted by atomic mass is 10.0. The second-order valence-electron chi connectivity index (χ2n) is 3.72. The summed E-state index contributed by atoms with van der Waals surface area (Å²) >= 11 is 8.87. The molecule has 1 aromatic carbocycles. The van der Waals surface area contributed by atoms with E-state index in [9.17, 15) is 23.4 Å². The van der Waals surface area contributed by atoms with Gasteiger partial charge in [-0.05, 0) is 18.6 Å². The van der Waals surface area contributed by atoms with Gasteiger partial charge >= 0.3 is 6.36 Å². The largest absolute Gasteiger partial charge is 0.573 e. The molecule has 108 valence electrons. The lowest BCUT2D eigenvalue weighted by Gasteiger charge is -2.19. The molecule has 0 aliphatic rings. The number of benzene rings is 1. The molecule has 2 N–H and O–H groups in total. The highest BCUT2D eigenvalue weighted by atomic mass is 79.9. The van der Waals surface area contributed by atoms with Crippen LogP contribution in [0.15, 0.2) is 18.2 Å². The molecule has 0 bridgehead atoms. The Morgan fingerprint density at radius 3 is 2.42 bits per heavy atom. The Balaban J connectivity index is 2.88. The van der Waals surface area contributed by atoms with Crippen LogP contribution in [0.2, 0.25) is 5.02 Å². The second kappa shape index (κ2) is 6.78. The highest BCUT2D eigenvalue weighted by Gasteiger charge is 2.31. The Labute approximate surface area is 121 Å². The third-order valence-corrected chi connectivity index (χ3v) is 3.08. The summed E-state index contributed by atoms with van der Waals surface area (Å²) in [6.07, 6.45) is -6.87. The predicted molar refractivity (Wildman–Crippen MR) is 67.5 cm³/mol. The molecule has 2 atom stereocenters. The van der Waals surface area contributed by atoms with Gasteiger partial charge in [-0.2, -0.15) is 0 Å². The molecule has 19 heavy (non-hydrogen) atoms. The van der Waals surface area contributed by atoms with E-state index in [1.54, 1.807) is 0 Å². The molecule has 0 aliphatic carbocycles. The Kier molecular flexibility index (Phi) is 5.91. The summed E-state index contributed by atoms with van der Waals surface area (Å²) in [5.74, 6) is -0.483. The van der Waals surface area contributed by atoms with Crippen molar-refractivity contribution in [3.8, 4) is 5.75 Å². The van der Waals surface area contributed by atoms with Crippen molar-refractivity contribution in [2.45, 2.75) is 25.0 Å². The van der Waals surface area contributed by atoms with Crippen molar-refractivity contribution in [2.75, 3.05) is 5.33 Å². The van der Waals surface area contributed by atoms with Gasteiger partial charge in [-0.3, -0.25) is 0 Å². The molecular weight excluding hydrogens is 352 g/mol. The number of halogens is 5. The van der Waals surface area contributed by atoms with E-state index in [1.165, 1.54) is 6.07 Å². The number of hydrogen-bond acceptors (Lipinski definition) is 3. The van der Waals surface area contributed by atoms with Gasteiger partial charge in [-0.1, -0.05) is 33.6 Å². The number of ether oxygens (including phenoxy) is 1. The standard InChI is InChI=1S/C11H11BrClF3O3/c12-4-3-9(17)10(18)7-2-1-6(5-8(7)13)19-11(14,15)16/h1-2,5,9-10,17-18H,3-4H2. The molecular formula is C11H11BrClF3O3. The molecule has 3 nitrogen and oxygen atoms in total. The molecule has 0 aromatic heterocycles. The molecule has 8 heteroatoms. The predicted octanol–water partition coefficient (Wildman–Crippen LogP) is 3.42. The minimum absolute atomic E-state index is 0.108. The summed E-state index contributed by atoms with van der Waals surface area (Å²) in [6, 6.07) is 3.15. The van der Waals surface area contributed by atoms with Gasteiger partial charge in [0.05, 0.1) is 11.1 Å². The van der Waals surface area contributed by atoms with Crippen LogP contribution in [0.5, 0.6) is 5.75 Å². The molecule has 1 aromatic rings. The Morgan fingerprint density at radius 2 is 1.95 bits per heavy atom. The average Bonchev–Trinajstić information content (AvgIpc) is 2.26. The SMILES string of the molecule is OC(CCBr)C(O)c1ccc(OC(F)(F)F)cc1Cl. The quantitative estimate of drug-likeness (QED) is 0.788. The van der Waals surface area contributed by atoms with Gasteiger partial charge in [-0.15, -0.1) is 13.2 Å². The molecule has 0 radical (unpaired) electrons. The van der Waals surface area contributed by atoms with Gasteiger partial charge in [0, 0.05) is 10.9 Å². The summed E-state index contributed by atoms with van der Waals surface area (Å²) in [5, 5.41) is 19.8. The summed E-state index contributed by atoms with van der Waals surface area (Å²) in [7, 11) is 0. The number of aliphatic hydroxyl groups excluding tert-OH is 2. The first-order valence-corrected chi connectivity index (χ1v) is 6.72. The van der Waals surface area contributed by atoms with Crippen molar-refractivity contribution < 1.29 is 28.1 Å². The first kappa shape index (κ1) is 16.6. The van der Waals surface area contributed by atoms with Crippen LogP contribution in [0.25, 0.3) is 0 Å². The second-order valence-corrected chi connectivity index (χ2v) is 4.92. The molecule has 1 rings (SSSR count). The first-order chi connectivity index (χ1) is 8.74. The van der Waals surface area contributed by atoms with E-state index < -0.39 is 24.3 Å². The van der Waals surface area contributed by atoms with Crippen LogP contribution in [0.1, 0.15) is 18.1 Å². The summed E-state index contributed by atoms with van der Waals surface area (Å²) in [5.41, 5.74) is 0.143. The molecule has 0 spiro atoms. The molecule has 0 fully saturated rings. The molecule has 0 heterocycles. The van der Waals surface area contributed by atoms with E-state index in [2.05, 4.69) is 20.7 Å². The Bertz CT molecular complexity index is 428. The van der Waals surface area contributed by atoms with Crippen LogP contribution in [-0.2, 0) is 0 Å². The molecule has 0 amide bonds. The van der Waals surface area contributed by atoms with Gasteiger partial charge in [0.1, 0.15) is 11.9 Å². The van der Waals surface area contributed by atoms with Crippen molar-refractivity contribution in [1.29, 1.82) is 0 Å². The number of aliphatic hydroxyl groups is 2. The topological polar surface area (TPSA) is 49.7 Å². The maximum atomic E-state index is 12.0. The van der Waals surface area contributed by atoms with Gasteiger partial charge in [-0.25, -0.2) is 0 Å². The number of rotatable bonds is 5. The maximum Gasteiger partial charge on any atom is 0.573 e. The highest BCUT2D eigenvalue weighted by molar-refractivity contribution is 9.09. The van der Waals surface area contributed by atoms with Crippen molar-refractivity contribution in [3.05, 3.63) is 28.8 Å². The fraction of sp³-hybridized carbons (Fsp3) is 0.455. The van der Waals surface area contributed by atoms with Crippen LogP contribution in [-0.4, -0.2) is 28.0 Å². The van der Waals surface area contributed by atoms with Crippen molar-refractivity contribution in [2.24, 2.45) is 0 Å². The van der Waals surface area contributed by atoms with Crippen molar-refractivity contribution in [3.63, 3.8) is 0 Å². The zero-order chi connectivity index (χ0) is 14.6. The van der Waals surface area contributed by atoms with Gasteiger partial charge in [0.15, 0.2) is 0 Å². The number of alkyl halides is 4. The van der Waals surface area contributed by atoms with Crippen LogP contribution in [0.4, 0.5) is 13.2 Å². The van der Waals surface area contributed by atoms with Crippen LogP contribution in [0.3, 0.4) is 0 Å². The fourth-order valence-corrected chi connectivity index (χ4v) is 2.17. The van der Waals surface area contributed by atoms with E-state index in [0.717, 1.165) is 12.1 Å². The molecule has 0 saturated heterocycles. The van der Waals surface area contributed by atoms with Crippen LogP contribution >= 0.6 is 27.5 Å². The lowest BCUT2D eigenvalue weighted by Crippen LogP contribution is -2.19. The van der Waals surface area contributed by atoms with Crippen molar-refractivity contribution >= 4 is 27.5 Å². The fourth-order valence-electron chi connectivity index (χ4n) is 1.42. The highest BCUT2D eigenvalue weighted by Crippen LogP contribution is 2.32. The third kappa shape index (κ3) is 5.18. The van der Waals surface area contributed by atoms with E-state index >= 15 is 0 Å². The minimum atomic E-state index is -4.81. The van der Waals surface area contributed by atoms with Crippen LogP contribution < -0.4 is 4.74 Å². The number of hydrogen-bond donors (Lipinski definition) is 2. The average molecular weight is 364 g/mol. The van der Waals surface area contributed by atoms with Crippen LogP contribution in [0, 0.1) is 0 Å². The Hall–Kier alpha value is -0.500. The minimum Gasteiger partial charge on any atom is -0.406 e. The monoisotopic (exact) mass is 362 g/mol. The smallest absolute Gasteiger partial charge is 0.406 e. The summed E-state index contributed by atoms with van der Waals surface area (Å²) in [6.45, 7) is 0. The first-order valence-electron chi connectivity index (χ1n) is 5.22. The zero-order valence-electron chi connectivity index (χ0n) is 9.49. The van der Waals surface area contributed by atoms with Gasteiger partial charge in [0.25, 0.3) is 0 Å². The molecule has 0 saturated carbocycles. The van der Waals surface area contributed by atoms with Crippen molar-refractivity contribution in [1.82, 2.24) is 0 Å². The third-order valence-electron chi connectivity index (χ3n) is 2.29. The molecule has 2 unspecified atom stereocenters. The normalized spacial score (nSPS) is 15.1. The Morgan fingerprint density at radius 1 is 1.32 bits per heavy atom. The lowest BCUT2D eigenvalue weighted by molar-refractivity contribution is -0.274. The van der Waals surface area contributed by atoms with Gasteiger partial charge < -0.3 is 14.9 Å². The summed E-state index contributed by atoms with van der Waals surface area (Å²) < 4.78 is 39.7. The summed E-state index contributed by atoms with van der Waals surface area (Å²) in [4.78, 5) is 0.